The van der Waals surface area contributed by atoms with Crippen LogP contribution in [0.25, 0.3) is 0 Å². The van der Waals surface area contributed by atoms with E-state index in [1.54, 1.807) is 0 Å². The number of amides is 1. The summed E-state index contributed by atoms with van der Waals surface area (Å²) in [6, 6.07) is 6.61. The second-order valence-corrected chi connectivity index (χ2v) is 7.59. The minimum Gasteiger partial charge on any atom is -0.333 e. The molecule has 2 aliphatic heterocycles. The first-order valence-corrected chi connectivity index (χ1v) is 8.64. The standard InChI is InChI=1S/C15H18Br2N2O/c1-10-8-18-4-2-3-14(18)9-19(10)15(20)11-5-12(16)7-13(17)6-11/h5-7,10,14H,2-4,8-9H2,1H3. The summed E-state index contributed by atoms with van der Waals surface area (Å²) < 4.78 is 1.87. The van der Waals surface area contributed by atoms with Gasteiger partial charge in [0.25, 0.3) is 5.91 Å². The number of piperazine rings is 1. The molecule has 3 rings (SSSR count). The van der Waals surface area contributed by atoms with Gasteiger partial charge in [-0.15, -0.1) is 0 Å². The Morgan fingerprint density at radius 1 is 1.20 bits per heavy atom. The third kappa shape index (κ3) is 2.81. The molecule has 20 heavy (non-hydrogen) atoms. The number of halogens is 2. The minimum atomic E-state index is 0.144. The third-order valence-corrected chi connectivity index (χ3v) is 5.22. The second kappa shape index (κ2) is 5.78. The van der Waals surface area contributed by atoms with Gasteiger partial charge in [-0.2, -0.15) is 0 Å². The van der Waals surface area contributed by atoms with Crippen LogP contribution in [0.4, 0.5) is 0 Å². The lowest BCUT2D eigenvalue weighted by Gasteiger charge is -2.42. The summed E-state index contributed by atoms with van der Waals surface area (Å²) in [6.07, 6.45) is 2.49. The van der Waals surface area contributed by atoms with Gasteiger partial charge in [-0.3, -0.25) is 9.69 Å². The molecule has 2 atom stereocenters. The molecule has 0 aliphatic carbocycles. The predicted molar refractivity (Wildman–Crippen MR) is 86.9 cm³/mol. The summed E-state index contributed by atoms with van der Waals surface area (Å²) in [5.41, 5.74) is 0.754. The van der Waals surface area contributed by atoms with Gasteiger partial charge in [-0.1, -0.05) is 31.9 Å². The largest absolute Gasteiger partial charge is 0.333 e. The van der Waals surface area contributed by atoms with Gasteiger partial charge in [0.2, 0.25) is 0 Å². The maximum absolute atomic E-state index is 12.8. The average Bonchev–Trinajstić information content (AvgIpc) is 2.82. The van der Waals surface area contributed by atoms with Crippen molar-refractivity contribution in [3.05, 3.63) is 32.7 Å². The summed E-state index contributed by atoms with van der Waals surface area (Å²) in [6.45, 7) is 5.22. The van der Waals surface area contributed by atoms with Crippen LogP contribution in [-0.4, -0.2) is 47.4 Å². The normalized spacial score (nSPS) is 26.6. The van der Waals surface area contributed by atoms with E-state index >= 15 is 0 Å². The molecule has 0 spiro atoms. The van der Waals surface area contributed by atoms with Crippen molar-refractivity contribution in [2.75, 3.05) is 19.6 Å². The maximum atomic E-state index is 12.8. The Morgan fingerprint density at radius 3 is 2.60 bits per heavy atom. The molecule has 1 aromatic carbocycles. The zero-order valence-electron chi connectivity index (χ0n) is 11.5. The number of rotatable bonds is 1. The molecule has 2 heterocycles. The topological polar surface area (TPSA) is 23.6 Å². The Balaban J connectivity index is 1.82. The van der Waals surface area contributed by atoms with E-state index in [0.717, 1.165) is 27.6 Å². The fraction of sp³-hybridized carbons (Fsp3) is 0.533. The van der Waals surface area contributed by atoms with Crippen LogP contribution in [0.3, 0.4) is 0 Å². The van der Waals surface area contributed by atoms with E-state index in [9.17, 15) is 4.79 Å². The molecule has 2 saturated heterocycles. The lowest BCUT2D eigenvalue weighted by Crippen LogP contribution is -2.56. The Hall–Kier alpha value is -0.390. The van der Waals surface area contributed by atoms with E-state index < -0.39 is 0 Å². The lowest BCUT2D eigenvalue weighted by atomic mass is 10.1. The first-order valence-electron chi connectivity index (χ1n) is 7.05. The molecule has 0 radical (unpaired) electrons. The van der Waals surface area contributed by atoms with Crippen LogP contribution in [0.5, 0.6) is 0 Å². The zero-order chi connectivity index (χ0) is 14.3. The summed E-state index contributed by atoms with van der Waals surface area (Å²) >= 11 is 6.91. The average molecular weight is 402 g/mol. The number of carbonyl (C=O) groups excluding carboxylic acids is 1. The highest BCUT2D eigenvalue weighted by Crippen LogP contribution is 2.27. The molecule has 1 aromatic rings. The minimum absolute atomic E-state index is 0.144. The number of benzene rings is 1. The molecule has 5 heteroatoms. The van der Waals surface area contributed by atoms with E-state index in [1.807, 2.05) is 23.1 Å². The molecule has 2 unspecified atom stereocenters. The number of fused-ring (bicyclic) bond motifs is 1. The van der Waals surface area contributed by atoms with Crippen molar-refractivity contribution in [3.63, 3.8) is 0 Å². The summed E-state index contributed by atoms with van der Waals surface area (Å²) in [5, 5.41) is 0. The maximum Gasteiger partial charge on any atom is 0.254 e. The van der Waals surface area contributed by atoms with Gasteiger partial charge in [0.05, 0.1) is 0 Å². The van der Waals surface area contributed by atoms with Gasteiger partial charge in [-0.05, 0) is 44.5 Å². The van der Waals surface area contributed by atoms with Crippen molar-refractivity contribution >= 4 is 37.8 Å². The van der Waals surface area contributed by atoms with Crippen LogP contribution < -0.4 is 0 Å². The zero-order valence-corrected chi connectivity index (χ0v) is 14.7. The fourth-order valence-corrected chi connectivity index (χ4v) is 4.61. The van der Waals surface area contributed by atoms with Crippen LogP contribution in [0.15, 0.2) is 27.1 Å². The van der Waals surface area contributed by atoms with Crippen molar-refractivity contribution in [1.29, 1.82) is 0 Å². The van der Waals surface area contributed by atoms with E-state index in [2.05, 4.69) is 43.7 Å². The Bertz CT molecular complexity index is 514. The first kappa shape index (κ1) is 14.5. The summed E-state index contributed by atoms with van der Waals surface area (Å²) in [5.74, 6) is 0.144. The second-order valence-electron chi connectivity index (χ2n) is 5.76. The molecule has 0 aromatic heterocycles. The van der Waals surface area contributed by atoms with E-state index in [1.165, 1.54) is 19.4 Å². The van der Waals surface area contributed by atoms with E-state index in [4.69, 9.17) is 0 Å². The molecule has 0 N–H and O–H groups in total. The molecule has 1 amide bonds. The van der Waals surface area contributed by atoms with Crippen LogP contribution >= 0.6 is 31.9 Å². The van der Waals surface area contributed by atoms with Crippen molar-refractivity contribution in [1.82, 2.24) is 9.80 Å². The predicted octanol–water partition coefficient (Wildman–Crippen LogP) is 3.52. The SMILES string of the molecule is CC1CN2CCCC2CN1C(=O)c1cc(Br)cc(Br)c1. The Morgan fingerprint density at radius 2 is 1.90 bits per heavy atom. The molecule has 3 nitrogen and oxygen atoms in total. The fourth-order valence-electron chi connectivity index (χ4n) is 3.31. The first-order chi connectivity index (χ1) is 9.54. The number of hydrogen-bond donors (Lipinski definition) is 0. The van der Waals surface area contributed by atoms with Crippen LogP contribution in [0.2, 0.25) is 0 Å². The molecular weight excluding hydrogens is 384 g/mol. The van der Waals surface area contributed by atoms with Crippen molar-refractivity contribution < 1.29 is 4.79 Å². The van der Waals surface area contributed by atoms with Crippen molar-refractivity contribution in [2.24, 2.45) is 0 Å². The van der Waals surface area contributed by atoms with Crippen LogP contribution in [0, 0.1) is 0 Å². The lowest BCUT2D eigenvalue weighted by molar-refractivity contribution is 0.0395. The molecule has 108 valence electrons. The number of nitrogens with zero attached hydrogens (tertiary/aromatic N) is 2. The van der Waals surface area contributed by atoms with Crippen LogP contribution in [0.1, 0.15) is 30.1 Å². The molecule has 0 bridgehead atoms. The Kier molecular flexibility index (Phi) is 4.20. The van der Waals surface area contributed by atoms with Gasteiger partial charge in [0, 0.05) is 39.7 Å². The highest BCUT2D eigenvalue weighted by Gasteiger charge is 2.36. The Labute approximate surface area is 136 Å². The molecule has 0 saturated carbocycles. The van der Waals surface area contributed by atoms with Gasteiger partial charge < -0.3 is 4.90 Å². The third-order valence-electron chi connectivity index (χ3n) is 4.31. The summed E-state index contributed by atoms with van der Waals surface area (Å²) in [7, 11) is 0. The summed E-state index contributed by atoms with van der Waals surface area (Å²) in [4.78, 5) is 17.3. The number of hydrogen-bond acceptors (Lipinski definition) is 2. The number of carbonyl (C=O) groups is 1. The molecule has 2 fully saturated rings. The smallest absolute Gasteiger partial charge is 0.254 e. The van der Waals surface area contributed by atoms with Gasteiger partial charge >= 0.3 is 0 Å². The quantitative estimate of drug-likeness (QED) is 0.718. The van der Waals surface area contributed by atoms with E-state index in [0.29, 0.717) is 6.04 Å². The monoisotopic (exact) mass is 400 g/mol. The van der Waals surface area contributed by atoms with Crippen LogP contribution in [-0.2, 0) is 0 Å². The molecule has 2 aliphatic rings. The van der Waals surface area contributed by atoms with Gasteiger partial charge in [-0.25, -0.2) is 0 Å². The van der Waals surface area contributed by atoms with Crippen molar-refractivity contribution in [3.8, 4) is 0 Å². The van der Waals surface area contributed by atoms with E-state index in [-0.39, 0.29) is 11.9 Å². The highest BCUT2D eigenvalue weighted by atomic mass is 79.9. The molecular formula is C15H18Br2N2O. The van der Waals surface area contributed by atoms with Gasteiger partial charge in [0.15, 0.2) is 0 Å². The van der Waals surface area contributed by atoms with Crippen molar-refractivity contribution in [2.45, 2.75) is 31.8 Å². The van der Waals surface area contributed by atoms with Gasteiger partial charge in [0.1, 0.15) is 0 Å². The highest BCUT2D eigenvalue weighted by molar-refractivity contribution is 9.11.